The van der Waals surface area contributed by atoms with Crippen LogP contribution in [-0.2, 0) is 19.0 Å². The molecule has 1 unspecified atom stereocenters. The first-order valence-electron chi connectivity index (χ1n) is 12.4. The fourth-order valence-corrected chi connectivity index (χ4v) is 4.70. The second kappa shape index (κ2) is 9.64. The molecule has 5 rings (SSSR count). The molecule has 3 aromatic heterocycles. The molecule has 9 heteroatoms. The Morgan fingerprint density at radius 1 is 1.17 bits per heavy atom. The van der Waals surface area contributed by atoms with E-state index >= 15 is 0 Å². The van der Waals surface area contributed by atoms with Gasteiger partial charge in [-0.1, -0.05) is 23.8 Å². The van der Waals surface area contributed by atoms with Gasteiger partial charge >= 0.3 is 0 Å². The van der Waals surface area contributed by atoms with Gasteiger partial charge in [0.1, 0.15) is 5.69 Å². The third-order valence-corrected chi connectivity index (χ3v) is 6.64. The Labute approximate surface area is 211 Å². The van der Waals surface area contributed by atoms with E-state index in [1.807, 2.05) is 40.1 Å². The van der Waals surface area contributed by atoms with Gasteiger partial charge in [0.15, 0.2) is 5.78 Å². The van der Waals surface area contributed by atoms with Gasteiger partial charge in [-0.15, -0.1) is 5.10 Å². The van der Waals surface area contributed by atoms with Gasteiger partial charge in [-0.3, -0.25) is 9.48 Å². The molecule has 36 heavy (non-hydrogen) atoms. The Hall–Kier alpha value is -3.88. The van der Waals surface area contributed by atoms with Gasteiger partial charge in [-0.2, -0.15) is 5.10 Å². The summed E-state index contributed by atoms with van der Waals surface area (Å²) < 4.78 is 3.49. The number of Topliss-reactive ketones (excluding diaryl/α,β-unsaturated/α-hetero) is 1. The highest BCUT2D eigenvalue weighted by molar-refractivity contribution is 5.94. The average Bonchev–Trinajstić information content (AvgIpc) is 3.46. The van der Waals surface area contributed by atoms with Gasteiger partial charge in [0.2, 0.25) is 5.95 Å². The van der Waals surface area contributed by atoms with Crippen molar-refractivity contribution in [2.45, 2.75) is 64.3 Å². The van der Waals surface area contributed by atoms with Crippen LogP contribution in [0.1, 0.15) is 74.0 Å². The number of nitrogens with one attached hydrogen (secondary N) is 1. The summed E-state index contributed by atoms with van der Waals surface area (Å²) >= 11 is 0. The molecule has 1 N–H and O–H groups in total. The van der Waals surface area contributed by atoms with E-state index in [4.69, 9.17) is 4.98 Å². The number of aryl methyl sites for hydroxylation is 2. The zero-order valence-corrected chi connectivity index (χ0v) is 21.3. The number of rotatable bonds is 6. The third-order valence-electron chi connectivity index (χ3n) is 6.64. The molecule has 3 heterocycles. The van der Waals surface area contributed by atoms with Crippen molar-refractivity contribution >= 4 is 17.4 Å². The monoisotopic (exact) mass is 484 g/mol. The Balaban J connectivity index is 1.36. The SMILES string of the molecule is Cn1cc(Nc2nccc(-c3ccc4c(c3)CCCCC4CC(=O)c3cn(C(C)(C)C)nn3)n2)cn1. The molecule has 0 bridgehead atoms. The maximum Gasteiger partial charge on any atom is 0.227 e. The van der Waals surface area contributed by atoms with Gasteiger partial charge in [0.25, 0.3) is 0 Å². The van der Waals surface area contributed by atoms with E-state index in [1.165, 1.54) is 11.1 Å². The number of hydrogen-bond donors (Lipinski definition) is 1. The quantitative estimate of drug-likeness (QED) is 0.302. The molecule has 4 aromatic rings. The Morgan fingerprint density at radius 3 is 2.78 bits per heavy atom. The third kappa shape index (κ3) is 5.19. The normalized spacial score (nSPS) is 15.8. The molecule has 1 atom stereocenters. The van der Waals surface area contributed by atoms with Crippen LogP contribution in [0, 0.1) is 0 Å². The predicted octanol–water partition coefficient (Wildman–Crippen LogP) is 5.05. The summed E-state index contributed by atoms with van der Waals surface area (Å²) in [6, 6.07) is 8.43. The van der Waals surface area contributed by atoms with Crippen LogP contribution in [0.2, 0.25) is 0 Å². The number of carbonyl (C=O) groups excluding carboxylic acids is 1. The summed E-state index contributed by atoms with van der Waals surface area (Å²) in [7, 11) is 1.87. The maximum atomic E-state index is 13.1. The molecule has 0 saturated carbocycles. The van der Waals surface area contributed by atoms with Crippen molar-refractivity contribution in [2.24, 2.45) is 7.05 Å². The number of hydrogen-bond acceptors (Lipinski definition) is 7. The molecule has 0 saturated heterocycles. The van der Waals surface area contributed by atoms with Gasteiger partial charge in [0.05, 0.1) is 29.3 Å². The van der Waals surface area contributed by atoms with E-state index in [-0.39, 0.29) is 17.2 Å². The molecule has 1 aromatic carbocycles. The lowest BCUT2D eigenvalue weighted by molar-refractivity contribution is 0.0967. The van der Waals surface area contributed by atoms with Crippen molar-refractivity contribution in [1.29, 1.82) is 0 Å². The maximum absolute atomic E-state index is 13.1. The first kappa shape index (κ1) is 23.8. The van der Waals surface area contributed by atoms with Crippen LogP contribution in [0.25, 0.3) is 11.3 Å². The second-order valence-corrected chi connectivity index (χ2v) is 10.5. The van der Waals surface area contributed by atoms with Crippen molar-refractivity contribution in [2.75, 3.05) is 5.32 Å². The van der Waals surface area contributed by atoms with E-state index in [0.29, 0.717) is 18.1 Å². The van der Waals surface area contributed by atoms with Crippen LogP contribution < -0.4 is 5.32 Å². The average molecular weight is 485 g/mol. The summed E-state index contributed by atoms with van der Waals surface area (Å²) in [6.45, 7) is 6.14. The summed E-state index contributed by atoms with van der Waals surface area (Å²) in [4.78, 5) is 22.2. The molecule has 9 nitrogen and oxygen atoms in total. The van der Waals surface area contributed by atoms with Gasteiger partial charge < -0.3 is 5.32 Å². The highest BCUT2D eigenvalue weighted by atomic mass is 16.1. The van der Waals surface area contributed by atoms with Gasteiger partial charge in [-0.25, -0.2) is 14.6 Å². The fourth-order valence-electron chi connectivity index (χ4n) is 4.70. The molecule has 0 spiro atoms. The van der Waals surface area contributed by atoms with Crippen LogP contribution in [-0.4, -0.2) is 40.5 Å². The lowest BCUT2D eigenvalue weighted by Gasteiger charge is -2.18. The van der Waals surface area contributed by atoms with Crippen molar-refractivity contribution in [1.82, 2.24) is 34.7 Å². The lowest BCUT2D eigenvalue weighted by Crippen LogP contribution is -2.22. The molecule has 1 aliphatic rings. The summed E-state index contributed by atoms with van der Waals surface area (Å²) in [6.07, 6.45) is 11.8. The first-order chi connectivity index (χ1) is 17.3. The van der Waals surface area contributed by atoms with Crippen molar-refractivity contribution in [3.05, 3.63) is 65.9 Å². The number of nitrogens with zero attached hydrogens (tertiary/aromatic N) is 7. The fraction of sp³-hybridized carbons (Fsp3) is 0.407. The van der Waals surface area contributed by atoms with Crippen LogP contribution >= 0.6 is 0 Å². The van der Waals surface area contributed by atoms with E-state index < -0.39 is 0 Å². The molecule has 186 valence electrons. The topological polar surface area (TPSA) is 103 Å². The summed E-state index contributed by atoms with van der Waals surface area (Å²) in [5.41, 5.74) is 5.54. The minimum absolute atomic E-state index is 0.0503. The number of aromatic nitrogens is 7. The lowest BCUT2D eigenvalue weighted by atomic mass is 9.87. The minimum atomic E-state index is -0.203. The Bertz CT molecular complexity index is 1380. The number of anilines is 2. The van der Waals surface area contributed by atoms with Gasteiger partial charge in [0, 0.05) is 31.4 Å². The largest absolute Gasteiger partial charge is 0.321 e. The molecule has 0 aliphatic heterocycles. The van der Waals surface area contributed by atoms with Crippen LogP contribution in [0.5, 0.6) is 0 Å². The summed E-state index contributed by atoms with van der Waals surface area (Å²) in [5.74, 6) is 0.758. The number of benzene rings is 1. The highest BCUT2D eigenvalue weighted by Crippen LogP contribution is 2.36. The summed E-state index contributed by atoms with van der Waals surface area (Å²) in [5, 5.41) is 15.7. The Morgan fingerprint density at radius 2 is 2.03 bits per heavy atom. The molecule has 0 amide bonds. The highest BCUT2D eigenvalue weighted by Gasteiger charge is 2.25. The van der Waals surface area contributed by atoms with Crippen LogP contribution in [0.3, 0.4) is 0 Å². The van der Waals surface area contributed by atoms with Crippen LogP contribution in [0.15, 0.2) is 49.1 Å². The molecule has 0 radical (unpaired) electrons. The van der Waals surface area contributed by atoms with Crippen molar-refractivity contribution < 1.29 is 4.79 Å². The molecular weight excluding hydrogens is 452 g/mol. The van der Waals surface area contributed by atoms with Crippen molar-refractivity contribution in [3.63, 3.8) is 0 Å². The van der Waals surface area contributed by atoms with E-state index in [2.05, 4.69) is 43.9 Å². The van der Waals surface area contributed by atoms with E-state index in [9.17, 15) is 4.79 Å². The molecular formula is C27H32N8O. The van der Waals surface area contributed by atoms with E-state index in [0.717, 1.165) is 42.6 Å². The zero-order valence-electron chi connectivity index (χ0n) is 21.3. The van der Waals surface area contributed by atoms with E-state index in [1.54, 1.807) is 28.0 Å². The number of carbonyl (C=O) groups is 1. The van der Waals surface area contributed by atoms with Crippen molar-refractivity contribution in [3.8, 4) is 11.3 Å². The zero-order chi connectivity index (χ0) is 25.3. The second-order valence-electron chi connectivity index (χ2n) is 10.5. The molecule has 0 fully saturated rings. The van der Waals surface area contributed by atoms with Gasteiger partial charge in [-0.05, 0) is 69.2 Å². The predicted molar refractivity (Wildman–Crippen MR) is 138 cm³/mol. The standard InChI is InChI=1S/C27H32N8O/c1-27(2,3)35-17-24(32-33-35)25(36)14-19-8-6-5-7-18-13-20(9-10-22(18)19)23-11-12-28-26(31-23)30-21-15-29-34(4)16-21/h9-13,15-17,19H,5-8,14H2,1-4H3,(H,28,30,31). The minimum Gasteiger partial charge on any atom is -0.321 e. The smallest absolute Gasteiger partial charge is 0.227 e. The number of ketones is 1. The Kier molecular flexibility index (Phi) is 6.38. The first-order valence-corrected chi connectivity index (χ1v) is 12.4. The molecule has 1 aliphatic carbocycles. The number of fused-ring (bicyclic) bond motifs is 1. The van der Waals surface area contributed by atoms with Crippen LogP contribution in [0.4, 0.5) is 11.6 Å².